The Morgan fingerprint density at radius 3 is 2.41 bits per heavy atom. The van der Waals surface area contributed by atoms with Crippen LogP contribution in [0.3, 0.4) is 0 Å². The Balaban J connectivity index is 2.25. The number of carbonyl (C=O) groups excluding carboxylic acids is 4. The van der Waals surface area contributed by atoms with E-state index < -0.39 is 24.0 Å². The maximum absolute atomic E-state index is 13.2. The topological polar surface area (TPSA) is 111 Å². The summed E-state index contributed by atoms with van der Waals surface area (Å²) >= 11 is 1.08. The molecule has 2 atom stereocenters. The third-order valence-electron chi connectivity index (χ3n) is 4.62. The van der Waals surface area contributed by atoms with Crippen molar-refractivity contribution in [1.82, 2.24) is 4.90 Å². The van der Waals surface area contributed by atoms with Crippen molar-refractivity contribution >= 4 is 40.5 Å². The van der Waals surface area contributed by atoms with Gasteiger partial charge in [0.1, 0.15) is 31.6 Å². The van der Waals surface area contributed by atoms with E-state index in [1.165, 1.54) is 48.3 Å². The van der Waals surface area contributed by atoms with Gasteiger partial charge in [-0.2, -0.15) is 0 Å². The summed E-state index contributed by atoms with van der Waals surface area (Å²) < 4.78 is 15.8. The van der Waals surface area contributed by atoms with Gasteiger partial charge in [0, 0.05) is 18.7 Å². The average Bonchev–Trinajstić information content (AvgIpc) is 3.23. The minimum Gasteiger partial charge on any atom is -0.487 e. The Bertz CT molecular complexity index is 963. The number of benzene rings is 1. The smallest absolute Gasteiger partial charge is 0.410 e. The Morgan fingerprint density at radius 1 is 1.09 bits per heavy atom. The van der Waals surface area contributed by atoms with Crippen LogP contribution in [0.4, 0.5) is 10.5 Å². The average molecular weight is 489 g/mol. The molecule has 1 aromatic carbocycles. The summed E-state index contributed by atoms with van der Waals surface area (Å²) in [6.07, 6.45) is 4.00. The van der Waals surface area contributed by atoms with Crippen LogP contribution in [0.1, 0.15) is 23.7 Å². The highest BCUT2D eigenvalue weighted by Gasteiger charge is 2.41. The number of nitrogens with zero attached hydrogens (tertiary/aromatic N) is 1. The van der Waals surface area contributed by atoms with Crippen LogP contribution in [0, 0.1) is 0 Å². The lowest BCUT2D eigenvalue weighted by Gasteiger charge is -2.23. The molecule has 2 rings (SSSR count). The third-order valence-corrected chi connectivity index (χ3v) is 5.63. The number of esters is 1. The van der Waals surface area contributed by atoms with E-state index in [2.05, 4.69) is 25.1 Å². The van der Waals surface area contributed by atoms with Gasteiger partial charge < -0.3 is 19.5 Å². The van der Waals surface area contributed by atoms with E-state index in [-0.39, 0.29) is 54.5 Å². The molecule has 0 radical (unpaired) electrons. The van der Waals surface area contributed by atoms with Crippen LogP contribution in [0.5, 0.6) is 5.75 Å². The molecule has 10 heteroatoms. The summed E-state index contributed by atoms with van der Waals surface area (Å²) in [4.78, 5) is 50.7. The summed E-state index contributed by atoms with van der Waals surface area (Å²) in [5.41, 5.74) is 0.529. The molecule has 34 heavy (non-hydrogen) atoms. The maximum Gasteiger partial charge on any atom is 0.410 e. The van der Waals surface area contributed by atoms with Gasteiger partial charge in [-0.25, -0.2) is 9.59 Å². The predicted molar refractivity (Wildman–Crippen MR) is 130 cm³/mol. The van der Waals surface area contributed by atoms with Gasteiger partial charge in [-0.3, -0.25) is 14.5 Å². The number of rotatable bonds is 11. The number of carbonyl (C=O) groups is 4. The highest BCUT2D eigenvalue weighted by Crippen LogP contribution is 2.31. The lowest BCUT2D eigenvalue weighted by molar-refractivity contribution is -0.120. The largest absolute Gasteiger partial charge is 0.487 e. The van der Waals surface area contributed by atoms with Gasteiger partial charge in [-0.1, -0.05) is 49.7 Å². The third kappa shape index (κ3) is 7.51. The van der Waals surface area contributed by atoms with Gasteiger partial charge in [-0.15, -0.1) is 0 Å². The van der Waals surface area contributed by atoms with Crippen LogP contribution < -0.4 is 10.1 Å². The molecule has 0 aliphatic carbocycles. The van der Waals surface area contributed by atoms with E-state index in [9.17, 15) is 19.2 Å². The van der Waals surface area contributed by atoms with E-state index in [0.717, 1.165) is 11.8 Å². The molecule has 0 saturated carbocycles. The standard InChI is InChI=1S/C24H28N2O7S/c1-5-10-31-21-13-17(23(29)32-11-6-2)8-9-19(21)25-22(28)20-14-18(34-16(4)27)15-26(20)24(30)33-12-7-3/h5-9,13,18,20H,1-3,10-12,14-15H2,4H3,(H,25,28). The Morgan fingerprint density at radius 2 is 1.76 bits per heavy atom. The quantitative estimate of drug-likeness (QED) is 0.372. The van der Waals surface area contributed by atoms with Gasteiger partial charge in [0.2, 0.25) is 5.91 Å². The Labute approximate surface area is 202 Å². The number of thioether (sulfide) groups is 1. The van der Waals surface area contributed by atoms with Crippen LogP contribution >= 0.6 is 11.8 Å². The minimum atomic E-state index is -0.862. The summed E-state index contributed by atoms with van der Waals surface area (Å²) in [6, 6.07) is 3.58. The van der Waals surface area contributed by atoms with Gasteiger partial charge in [-0.05, 0) is 24.6 Å². The number of amides is 2. The molecule has 2 unspecified atom stereocenters. The van der Waals surface area contributed by atoms with E-state index >= 15 is 0 Å². The lowest BCUT2D eigenvalue weighted by atomic mass is 10.1. The first-order valence-electron chi connectivity index (χ1n) is 10.5. The second-order valence-electron chi connectivity index (χ2n) is 7.19. The van der Waals surface area contributed by atoms with Crippen molar-refractivity contribution < 1.29 is 33.4 Å². The molecule has 182 valence electrons. The number of ether oxygens (including phenoxy) is 3. The first-order chi connectivity index (χ1) is 16.3. The number of hydrogen-bond acceptors (Lipinski definition) is 8. The van der Waals surface area contributed by atoms with E-state index in [1.807, 2.05) is 0 Å². The molecule has 1 fully saturated rings. The van der Waals surface area contributed by atoms with Crippen molar-refractivity contribution in [2.24, 2.45) is 0 Å². The van der Waals surface area contributed by atoms with Gasteiger partial charge in [0.15, 0.2) is 5.12 Å². The fraction of sp³-hybridized carbons (Fsp3) is 0.333. The second kappa shape index (κ2) is 13.2. The second-order valence-corrected chi connectivity index (χ2v) is 8.67. The molecular formula is C24H28N2O7S. The first-order valence-corrected chi connectivity index (χ1v) is 11.4. The van der Waals surface area contributed by atoms with Crippen molar-refractivity contribution in [3.8, 4) is 5.75 Å². The van der Waals surface area contributed by atoms with Gasteiger partial charge in [0.05, 0.1) is 11.3 Å². The Hall–Kier alpha value is -3.53. The number of nitrogens with one attached hydrogen (secondary N) is 1. The van der Waals surface area contributed by atoms with E-state index in [0.29, 0.717) is 5.69 Å². The number of anilines is 1. The normalized spacial score (nSPS) is 16.8. The molecule has 0 aromatic heterocycles. The van der Waals surface area contributed by atoms with Crippen molar-refractivity contribution in [1.29, 1.82) is 0 Å². The van der Waals surface area contributed by atoms with Crippen LogP contribution in [-0.2, 0) is 19.1 Å². The highest BCUT2D eigenvalue weighted by molar-refractivity contribution is 8.14. The fourth-order valence-corrected chi connectivity index (χ4v) is 4.22. The SMILES string of the molecule is C=CCOC(=O)c1ccc(NC(=O)C2CC(SC(C)=O)CN2C(=O)OCC=C)c(OCC=C)c1. The lowest BCUT2D eigenvalue weighted by Crippen LogP contribution is -2.43. The molecule has 2 amide bonds. The van der Waals surface area contributed by atoms with Crippen molar-refractivity contribution in [3.05, 3.63) is 61.7 Å². The summed E-state index contributed by atoms with van der Waals surface area (Å²) in [7, 11) is 0. The summed E-state index contributed by atoms with van der Waals surface area (Å²) in [5, 5.41) is 2.40. The summed E-state index contributed by atoms with van der Waals surface area (Å²) in [6.45, 7) is 12.4. The van der Waals surface area contributed by atoms with Crippen LogP contribution in [0.2, 0.25) is 0 Å². The molecule has 9 nitrogen and oxygen atoms in total. The number of hydrogen-bond donors (Lipinski definition) is 1. The molecule has 0 spiro atoms. The molecule has 0 bridgehead atoms. The van der Waals surface area contributed by atoms with Crippen molar-refractivity contribution in [2.75, 3.05) is 31.7 Å². The summed E-state index contributed by atoms with van der Waals surface area (Å²) in [5.74, 6) is -0.820. The highest BCUT2D eigenvalue weighted by atomic mass is 32.2. The van der Waals surface area contributed by atoms with Gasteiger partial charge in [0.25, 0.3) is 0 Å². The zero-order chi connectivity index (χ0) is 25.1. The van der Waals surface area contributed by atoms with E-state index in [4.69, 9.17) is 14.2 Å². The molecule has 1 heterocycles. The molecule has 1 aliphatic rings. The van der Waals surface area contributed by atoms with E-state index in [1.54, 1.807) is 0 Å². The van der Waals surface area contributed by atoms with Crippen LogP contribution in [0.25, 0.3) is 0 Å². The minimum absolute atomic E-state index is 0.00283. The van der Waals surface area contributed by atoms with Crippen LogP contribution in [-0.4, -0.2) is 65.6 Å². The predicted octanol–water partition coefficient (Wildman–Crippen LogP) is 3.58. The molecule has 1 aromatic rings. The molecular weight excluding hydrogens is 460 g/mol. The maximum atomic E-state index is 13.2. The Kier molecular flexibility index (Phi) is 10.4. The number of likely N-dealkylation sites (tertiary alicyclic amines) is 1. The van der Waals surface area contributed by atoms with Gasteiger partial charge >= 0.3 is 12.1 Å². The molecule has 1 aliphatic heterocycles. The zero-order valence-electron chi connectivity index (χ0n) is 19.0. The first kappa shape index (κ1) is 26.7. The van der Waals surface area contributed by atoms with Crippen molar-refractivity contribution in [2.45, 2.75) is 24.6 Å². The zero-order valence-corrected chi connectivity index (χ0v) is 19.8. The van der Waals surface area contributed by atoms with Crippen LogP contribution in [0.15, 0.2) is 56.2 Å². The van der Waals surface area contributed by atoms with Crippen molar-refractivity contribution in [3.63, 3.8) is 0 Å². The molecule has 1 N–H and O–H groups in total. The molecule has 1 saturated heterocycles. The fourth-order valence-electron chi connectivity index (χ4n) is 3.24. The monoisotopic (exact) mass is 488 g/mol.